The highest BCUT2D eigenvalue weighted by Gasteiger charge is 2.25. The Balaban J connectivity index is 0.00000176. The second-order valence-electron chi connectivity index (χ2n) is 9.08. The molecule has 1 atom stereocenters. The highest BCUT2D eigenvalue weighted by Crippen LogP contribution is 2.27. The van der Waals surface area contributed by atoms with Gasteiger partial charge in [-0.1, -0.05) is 86.7 Å². The van der Waals surface area contributed by atoms with Crippen molar-refractivity contribution in [2.24, 2.45) is 5.92 Å². The van der Waals surface area contributed by atoms with Gasteiger partial charge < -0.3 is 10.2 Å². The van der Waals surface area contributed by atoms with Crippen molar-refractivity contribution in [3.05, 3.63) is 111 Å². The maximum Gasteiger partial charge on any atom is 0.255 e. The molecule has 1 fully saturated rings. The first-order valence-electron chi connectivity index (χ1n) is 13.0. The van der Waals surface area contributed by atoms with Crippen molar-refractivity contribution in [1.82, 2.24) is 15.3 Å². The van der Waals surface area contributed by atoms with E-state index in [2.05, 4.69) is 65.1 Å². The number of aromatic nitrogens is 2. The minimum atomic E-state index is -0.0891. The molecule has 1 saturated heterocycles. The van der Waals surface area contributed by atoms with Crippen LogP contribution < -0.4 is 15.8 Å². The Morgan fingerprint density at radius 2 is 1.83 bits per heavy atom. The van der Waals surface area contributed by atoms with Crippen LogP contribution >= 0.6 is 0 Å². The summed E-state index contributed by atoms with van der Waals surface area (Å²) in [5.74, 6) is 0.932. The van der Waals surface area contributed by atoms with E-state index in [1.165, 1.54) is 11.1 Å². The summed E-state index contributed by atoms with van der Waals surface area (Å²) in [7, 11) is 0. The number of hydrogen-bond donors (Lipinski definition) is 2. The lowest BCUT2D eigenvalue weighted by molar-refractivity contribution is 0.439. The Morgan fingerprint density at radius 3 is 2.50 bits per heavy atom. The summed E-state index contributed by atoms with van der Waals surface area (Å²) in [6, 6.07) is 18.7. The van der Waals surface area contributed by atoms with Gasteiger partial charge in [0.25, 0.3) is 5.56 Å². The molecule has 5 nitrogen and oxygen atoms in total. The molecule has 0 bridgehead atoms. The first-order chi connectivity index (χ1) is 17.5. The molecule has 1 aliphatic heterocycles. The zero-order chi connectivity index (χ0) is 26.1. The van der Waals surface area contributed by atoms with E-state index in [1.54, 1.807) is 0 Å². The fourth-order valence-electron chi connectivity index (χ4n) is 4.51. The van der Waals surface area contributed by atoms with E-state index in [9.17, 15) is 4.79 Å². The zero-order valence-corrected chi connectivity index (χ0v) is 22.4. The maximum atomic E-state index is 12.9. The Morgan fingerprint density at radius 1 is 1.14 bits per heavy atom. The van der Waals surface area contributed by atoms with Crippen molar-refractivity contribution in [2.75, 3.05) is 18.0 Å². The second kappa shape index (κ2) is 12.9. The molecule has 2 N–H and O–H groups in total. The topological polar surface area (TPSA) is 61.0 Å². The molecule has 2 aromatic carbocycles. The van der Waals surface area contributed by atoms with Crippen LogP contribution in [0.1, 0.15) is 61.6 Å². The molecule has 1 unspecified atom stereocenters. The average molecular weight is 485 g/mol. The van der Waals surface area contributed by atoms with Crippen LogP contribution in [-0.4, -0.2) is 23.1 Å². The molecule has 190 valence electrons. The number of rotatable bonds is 7. The Kier molecular flexibility index (Phi) is 9.69. The summed E-state index contributed by atoms with van der Waals surface area (Å²) in [6.07, 6.45) is 4.13. The van der Waals surface area contributed by atoms with Crippen molar-refractivity contribution in [3.63, 3.8) is 0 Å². The normalized spacial score (nSPS) is 15.6. The highest BCUT2D eigenvalue weighted by atomic mass is 16.1. The summed E-state index contributed by atoms with van der Waals surface area (Å²) in [6.45, 7) is 16.7. The number of aromatic amines is 1. The van der Waals surface area contributed by atoms with Crippen LogP contribution in [0.2, 0.25) is 0 Å². The number of H-pyrrole nitrogens is 1. The van der Waals surface area contributed by atoms with Crippen molar-refractivity contribution in [1.29, 1.82) is 0 Å². The zero-order valence-electron chi connectivity index (χ0n) is 22.4. The molecule has 0 aliphatic carbocycles. The number of benzene rings is 2. The van der Waals surface area contributed by atoms with E-state index in [4.69, 9.17) is 4.98 Å². The van der Waals surface area contributed by atoms with Gasteiger partial charge in [0.2, 0.25) is 5.95 Å². The van der Waals surface area contributed by atoms with Gasteiger partial charge in [0, 0.05) is 42.4 Å². The lowest BCUT2D eigenvalue weighted by Gasteiger charge is -2.34. The van der Waals surface area contributed by atoms with Crippen molar-refractivity contribution >= 4 is 11.5 Å². The minimum absolute atomic E-state index is 0.0891. The third-order valence-corrected chi connectivity index (χ3v) is 6.62. The third-order valence-electron chi connectivity index (χ3n) is 6.62. The van der Waals surface area contributed by atoms with Gasteiger partial charge in [-0.3, -0.25) is 9.78 Å². The molecule has 4 rings (SSSR count). The number of piperidine rings is 1. The van der Waals surface area contributed by atoms with Crippen molar-refractivity contribution < 1.29 is 0 Å². The minimum Gasteiger partial charge on any atom is -0.384 e. The summed E-state index contributed by atoms with van der Waals surface area (Å²) in [5, 5.41) is 3.52. The van der Waals surface area contributed by atoms with Gasteiger partial charge in [-0.05, 0) is 44.7 Å². The van der Waals surface area contributed by atoms with E-state index >= 15 is 0 Å². The van der Waals surface area contributed by atoms with Crippen LogP contribution in [0.5, 0.6) is 0 Å². The van der Waals surface area contributed by atoms with Crippen LogP contribution in [-0.2, 0) is 6.54 Å². The Labute approximate surface area is 216 Å². The van der Waals surface area contributed by atoms with Gasteiger partial charge in [-0.25, -0.2) is 4.98 Å². The number of nitrogens with one attached hydrogen (secondary N) is 2. The monoisotopic (exact) mass is 484 g/mol. The van der Waals surface area contributed by atoms with Gasteiger partial charge in [-0.15, -0.1) is 0 Å². The number of hydrogen-bond acceptors (Lipinski definition) is 4. The molecule has 1 aliphatic rings. The van der Waals surface area contributed by atoms with Gasteiger partial charge in [0.15, 0.2) is 0 Å². The molecule has 0 saturated carbocycles. The van der Waals surface area contributed by atoms with Crippen LogP contribution in [0, 0.1) is 19.8 Å². The van der Waals surface area contributed by atoms with E-state index in [0.29, 0.717) is 17.4 Å². The van der Waals surface area contributed by atoms with Gasteiger partial charge in [-0.2, -0.15) is 0 Å². The molecule has 0 spiro atoms. The summed E-state index contributed by atoms with van der Waals surface area (Å²) >= 11 is 0. The summed E-state index contributed by atoms with van der Waals surface area (Å²) in [5.41, 5.74) is 6.87. The van der Waals surface area contributed by atoms with Gasteiger partial charge in [0.05, 0.1) is 5.69 Å². The first-order valence-corrected chi connectivity index (χ1v) is 13.0. The lowest BCUT2D eigenvalue weighted by atomic mass is 9.95. The molecule has 1 aromatic heterocycles. The molecule has 0 radical (unpaired) electrons. The fourth-order valence-corrected chi connectivity index (χ4v) is 4.51. The van der Waals surface area contributed by atoms with Crippen LogP contribution in [0.3, 0.4) is 0 Å². The molecule has 0 amide bonds. The van der Waals surface area contributed by atoms with Crippen LogP contribution in [0.15, 0.2) is 77.7 Å². The average Bonchev–Trinajstić information content (AvgIpc) is 2.92. The Hall–Kier alpha value is -3.60. The first kappa shape index (κ1) is 27.0. The maximum absolute atomic E-state index is 12.9. The van der Waals surface area contributed by atoms with E-state index in [1.807, 2.05) is 52.0 Å². The van der Waals surface area contributed by atoms with E-state index < -0.39 is 0 Å². The van der Waals surface area contributed by atoms with Gasteiger partial charge in [0.1, 0.15) is 0 Å². The molecular formula is C31H40N4O. The molecule has 3 aromatic rings. The number of allylic oxidation sites excluding steroid dienone is 1. The predicted octanol–water partition coefficient (Wildman–Crippen LogP) is 6.38. The van der Waals surface area contributed by atoms with Gasteiger partial charge >= 0.3 is 0 Å². The number of aryl methyl sites for hydroxylation is 1. The Bertz CT molecular complexity index is 1230. The fraction of sp³-hybridized carbons (Fsp3) is 0.355. The third kappa shape index (κ3) is 6.54. The lowest BCUT2D eigenvalue weighted by Crippen LogP contribution is -2.40. The summed E-state index contributed by atoms with van der Waals surface area (Å²) in [4.78, 5) is 23.0. The van der Waals surface area contributed by atoms with Crippen molar-refractivity contribution in [3.8, 4) is 0 Å². The highest BCUT2D eigenvalue weighted by molar-refractivity contribution is 5.79. The van der Waals surface area contributed by atoms with Crippen molar-refractivity contribution in [2.45, 2.75) is 54.0 Å². The van der Waals surface area contributed by atoms with E-state index in [-0.39, 0.29) is 5.56 Å². The quantitative estimate of drug-likeness (QED) is 0.408. The van der Waals surface area contributed by atoms with Crippen LogP contribution in [0.25, 0.3) is 5.57 Å². The molecular weight excluding hydrogens is 444 g/mol. The molecule has 2 heterocycles. The predicted molar refractivity (Wildman–Crippen MR) is 152 cm³/mol. The van der Waals surface area contributed by atoms with E-state index in [0.717, 1.165) is 55.0 Å². The smallest absolute Gasteiger partial charge is 0.255 e. The number of anilines is 1. The van der Waals surface area contributed by atoms with Crippen LogP contribution in [0.4, 0.5) is 5.95 Å². The second-order valence-corrected chi connectivity index (χ2v) is 9.08. The summed E-state index contributed by atoms with van der Waals surface area (Å²) < 4.78 is 0. The standard InChI is InChI=1S/C29H34N4O.C2H6/c1-5-26(24-10-7-6-8-11-24)27-21(3)28(34)32-29(31-27)33-17-9-12-25(19-33)22(4)30-18-23-15-13-20(2)14-16-23;1-2/h5-8,10-11,13-16,25,30H,4,9,12,17-19H2,1-3H3,(H,31,32,34);1-2H3/b26-5-;. The largest absolute Gasteiger partial charge is 0.384 e. The number of nitrogens with zero attached hydrogens (tertiary/aromatic N) is 2. The molecule has 5 heteroatoms. The molecule has 36 heavy (non-hydrogen) atoms. The SMILES string of the molecule is C=C(NCc1ccc(C)cc1)C1CCCN(c2nc(/C(=C\C)c3ccccc3)c(C)c(=O)[nH]2)C1.CC.